The third kappa shape index (κ3) is 6.12. The number of Topliss-reactive ketones (excluding diaryl/α,β-unsaturated/α-hetero) is 1. The average Bonchev–Trinajstić information content (AvgIpc) is 2.73. The largest absolute Gasteiger partial charge is 0.384 e. The molecule has 0 saturated carbocycles. The van der Waals surface area contributed by atoms with Crippen molar-refractivity contribution in [2.24, 2.45) is 5.73 Å². The smallest absolute Gasteiger partial charge is 0.260 e. The van der Waals surface area contributed by atoms with Crippen LogP contribution in [0, 0.1) is 5.82 Å². The molecule has 1 aliphatic heterocycles. The molecule has 1 aliphatic rings. The molecule has 1 saturated heterocycles. The van der Waals surface area contributed by atoms with E-state index in [2.05, 4.69) is 0 Å². The number of carbonyl (C=O) groups is 3. The average molecular weight is 404 g/mol. The van der Waals surface area contributed by atoms with Crippen LogP contribution < -0.4 is 5.73 Å². The van der Waals surface area contributed by atoms with Gasteiger partial charge in [0.1, 0.15) is 17.2 Å². The third-order valence-corrected chi connectivity index (χ3v) is 5.09. The van der Waals surface area contributed by atoms with E-state index < -0.39 is 17.5 Å². The first-order valence-corrected chi connectivity index (χ1v) is 9.84. The van der Waals surface area contributed by atoms with E-state index in [-0.39, 0.29) is 24.5 Å². The molecule has 2 N–H and O–H groups in total. The Morgan fingerprint density at radius 3 is 2.34 bits per heavy atom. The molecule has 1 heterocycles. The molecule has 0 unspecified atom stereocenters. The Labute approximate surface area is 170 Å². The molecule has 7 nitrogen and oxygen atoms in total. The van der Waals surface area contributed by atoms with Gasteiger partial charge in [0.05, 0.1) is 13.1 Å². The van der Waals surface area contributed by atoms with E-state index in [9.17, 15) is 18.8 Å². The van der Waals surface area contributed by atoms with Crippen molar-refractivity contribution in [3.05, 3.63) is 47.0 Å². The predicted molar refractivity (Wildman–Crippen MR) is 108 cm³/mol. The summed E-state index contributed by atoms with van der Waals surface area (Å²) < 4.78 is 13.1. The van der Waals surface area contributed by atoms with Crippen LogP contribution in [0.25, 0.3) is 0 Å². The highest BCUT2D eigenvalue weighted by molar-refractivity contribution is 6.20. The van der Waals surface area contributed by atoms with Crippen LogP contribution in [0.4, 0.5) is 4.39 Å². The van der Waals surface area contributed by atoms with Crippen LogP contribution in [0.3, 0.4) is 0 Å². The van der Waals surface area contributed by atoms with E-state index in [1.54, 1.807) is 14.0 Å². The molecule has 29 heavy (non-hydrogen) atoms. The Bertz CT molecular complexity index is 758. The van der Waals surface area contributed by atoms with Crippen LogP contribution in [-0.2, 0) is 20.9 Å². The summed E-state index contributed by atoms with van der Waals surface area (Å²) in [5.41, 5.74) is 6.60. The molecule has 8 heteroatoms. The molecule has 1 aromatic rings. The Balaban J connectivity index is 2.32. The molecule has 158 valence electrons. The maximum Gasteiger partial charge on any atom is 0.260 e. The fraction of sp³-hybridized carbons (Fsp3) is 0.476. The fourth-order valence-electron chi connectivity index (χ4n) is 3.22. The molecular weight excluding hydrogens is 375 g/mol. The molecule has 0 spiro atoms. The zero-order valence-electron chi connectivity index (χ0n) is 17.1. The van der Waals surface area contributed by atoms with Gasteiger partial charge in [0.15, 0.2) is 5.78 Å². The van der Waals surface area contributed by atoms with E-state index in [4.69, 9.17) is 5.73 Å². The maximum atomic E-state index is 13.1. The van der Waals surface area contributed by atoms with Gasteiger partial charge in [-0.05, 0) is 50.6 Å². The first kappa shape index (κ1) is 22.5. The number of ketones is 1. The number of hydrogen-bond donors (Lipinski definition) is 1. The van der Waals surface area contributed by atoms with Crippen molar-refractivity contribution in [2.45, 2.75) is 32.7 Å². The lowest BCUT2D eigenvalue weighted by Gasteiger charge is -2.28. The lowest BCUT2D eigenvalue weighted by molar-refractivity contribution is -0.129. The summed E-state index contributed by atoms with van der Waals surface area (Å²) >= 11 is 0. The van der Waals surface area contributed by atoms with Gasteiger partial charge in [-0.3, -0.25) is 24.2 Å². The molecule has 1 aromatic carbocycles. The zero-order valence-corrected chi connectivity index (χ0v) is 17.1. The third-order valence-electron chi connectivity index (χ3n) is 5.09. The van der Waals surface area contributed by atoms with Gasteiger partial charge in [-0.1, -0.05) is 18.6 Å². The number of halogens is 1. The van der Waals surface area contributed by atoms with Crippen molar-refractivity contribution in [3.63, 3.8) is 0 Å². The van der Waals surface area contributed by atoms with Gasteiger partial charge in [-0.25, -0.2) is 4.39 Å². The van der Waals surface area contributed by atoms with Crippen molar-refractivity contribution in [3.8, 4) is 0 Å². The summed E-state index contributed by atoms with van der Waals surface area (Å²) in [7, 11) is 1.58. The summed E-state index contributed by atoms with van der Waals surface area (Å²) in [6, 6.07) is 5.59. The Morgan fingerprint density at radius 1 is 1.17 bits per heavy atom. The van der Waals surface area contributed by atoms with Crippen molar-refractivity contribution in [2.75, 3.05) is 33.2 Å². The van der Waals surface area contributed by atoms with E-state index in [1.807, 2.05) is 4.90 Å². The van der Waals surface area contributed by atoms with Crippen molar-refractivity contribution < 1.29 is 18.8 Å². The number of likely N-dealkylation sites (N-methyl/N-ethyl adjacent to an activating group) is 1. The molecule has 0 aromatic heterocycles. The highest BCUT2D eigenvalue weighted by atomic mass is 19.1. The van der Waals surface area contributed by atoms with E-state index in [0.29, 0.717) is 18.5 Å². The van der Waals surface area contributed by atoms with Crippen LogP contribution in [0.5, 0.6) is 0 Å². The van der Waals surface area contributed by atoms with Gasteiger partial charge < -0.3 is 10.6 Å². The Hall–Kier alpha value is -2.74. The highest BCUT2D eigenvalue weighted by Crippen LogP contribution is 2.15. The minimum atomic E-state index is -0.516. The summed E-state index contributed by atoms with van der Waals surface area (Å²) in [5, 5.41) is 0. The number of rotatable bonds is 9. The quantitative estimate of drug-likeness (QED) is 0.292. The highest BCUT2D eigenvalue weighted by Gasteiger charge is 2.28. The predicted octanol–water partition coefficient (Wildman–Crippen LogP) is 1.49. The number of hydrogen-bond acceptors (Lipinski definition) is 5. The summed E-state index contributed by atoms with van der Waals surface area (Å²) in [4.78, 5) is 42.1. The Morgan fingerprint density at radius 2 is 1.79 bits per heavy atom. The summed E-state index contributed by atoms with van der Waals surface area (Å²) in [5.74, 6) is -1.50. The van der Waals surface area contributed by atoms with E-state index in [1.165, 1.54) is 29.2 Å². The standard InChI is InChI=1S/C21H29FN4O3/c1-3-24(2)21(29)19(18(28)14-25-11-5-4-6-12-25)20(23)26(15-27)13-16-7-9-17(22)10-8-16/h7-10,15H,3-6,11-14,23H2,1-2H3/b20-19-. The van der Waals surface area contributed by atoms with Crippen molar-refractivity contribution in [1.82, 2.24) is 14.7 Å². The number of benzene rings is 1. The molecule has 0 bridgehead atoms. The SMILES string of the molecule is CCN(C)C(=O)/C(C(=O)CN1CCCCC1)=C(/N)N(C=O)Cc1ccc(F)cc1. The first-order chi connectivity index (χ1) is 13.9. The van der Waals surface area contributed by atoms with Gasteiger partial charge in [-0.15, -0.1) is 0 Å². The summed E-state index contributed by atoms with van der Waals surface area (Å²) in [6.45, 7) is 3.89. The van der Waals surface area contributed by atoms with Crippen LogP contribution in [0.1, 0.15) is 31.7 Å². The molecule has 1 fully saturated rings. The second kappa shape index (κ2) is 10.7. The fourth-order valence-corrected chi connectivity index (χ4v) is 3.22. The van der Waals surface area contributed by atoms with Gasteiger partial charge in [0, 0.05) is 13.6 Å². The van der Waals surface area contributed by atoms with Crippen LogP contribution >= 0.6 is 0 Å². The number of nitrogens with two attached hydrogens (primary N) is 1. The first-order valence-electron chi connectivity index (χ1n) is 9.84. The second-order valence-electron chi connectivity index (χ2n) is 7.20. The van der Waals surface area contributed by atoms with Crippen LogP contribution in [0.2, 0.25) is 0 Å². The minimum absolute atomic E-state index is 0.0270. The number of likely N-dealkylation sites (tertiary alicyclic amines) is 1. The molecule has 0 aliphatic carbocycles. The van der Waals surface area contributed by atoms with Crippen LogP contribution in [0.15, 0.2) is 35.7 Å². The molecule has 0 atom stereocenters. The maximum absolute atomic E-state index is 13.1. The van der Waals surface area contributed by atoms with E-state index in [0.717, 1.165) is 37.3 Å². The van der Waals surface area contributed by atoms with Crippen molar-refractivity contribution in [1.29, 1.82) is 0 Å². The number of carbonyl (C=O) groups excluding carboxylic acids is 3. The number of nitrogens with zero attached hydrogens (tertiary/aromatic N) is 3. The second-order valence-corrected chi connectivity index (χ2v) is 7.20. The van der Waals surface area contributed by atoms with E-state index >= 15 is 0 Å². The zero-order chi connectivity index (χ0) is 21.4. The number of amides is 2. The normalized spacial score (nSPS) is 15.4. The van der Waals surface area contributed by atoms with Gasteiger partial charge in [0.2, 0.25) is 6.41 Å². The van der Waals surface area contributed by atoms with Crippen LogP contribution in [-0.4, -0.2) is 66.0 Å². The van der Waals surface area contributed by atoms with Gasteiger partial charge in [-0.2, -0.15) is 0 Å². The molecular formula is C21H29FN4O3. The minimum Gasteiger partial charge on any atom is -0.384 e. The summed E-state index contributed by atoms with van der Waals surface area (Å²) in [6.07, 6.45) is 3.63. The Kier molecular flexibility index (Phi) is 8.33. The molecule has 2 rings (SSSR count). The topological polar surface area (TPSA) is 86.9 Å². The lowest BCUT2D eigenvalue weighted by atomic mass is 10.1. The van der Waals surface area contributed by atoms with Crippen molar-refractivity contribution >= 4 is 18.1 Å². The van der Waals surface area contributed by atoms with Gasteiger partial charge in [0.25, 0.3) is 5.91 Å². The lowest BCUT2D eigenvalue weighted by Crippen LogP contribution is -2.41. The molecule has 2 amide bonds. The number of piperidine rings is 1. The molecule has 0 radical (unpaired) electrons. The van der Waals surface area contributed by atoms with Gasteiger partial charge >= 0.3 is 0 Å². The monoisotopic (exact) mass is 404 g/mol.